The second-order valence-electron chi connectivity index (χ2n) is 8.16. The quantitative estimate of drug-likeness (QED) is 0.542. The number of nitrogens with one attached hydrogen (secondary N) is 1. The van der Waals surface area contributed by atoms with Gasteiger partial charge >= 0.3 is 6.03 Å². The Labute approximate surface area is 205 Å². The van der Waals surface area contributed by atoms with Crippen LogP contribution in [0, 0.1) is 0 Å². The Morgan fingerprint density at radius 3 is 2.26 bits per heavy atom. The zero-order chi connectivity index (χ0) is 24.1. The number of carbonyl (C=O) groups is 1. The number of benzene rings is 3. The van der Waals surface area contributed by atoms with Crippen molar-refractivity contribution in [3.63, 3.8) is 0 Å². The van der Waals surface area contributed by atoms with Crippen molar-refractivity contribution in [2.75, 3.05) is 43.4 Å². The van der Waals surface area contributed by atoms with Gasteiger partial charge in [-0.05, 0) is 48.0 Å². The Kier molecular flexibility index (Phi) is 7.41. The first-order chi connectivity index (χ1) is 16.3. The fourth-order valence-corrected chi connectivity index (χ4v) is 5.20. The van der Waals surface area contributed by atoms with Crippen LogP contribution in [0.3, 0.4) is 0 Å². The van der Waals surface area contributed by atoms with Crippen molar-refractivity contribution < 1.29 is 13.2 Å². The van der Waals surface area contributed by atoms with Crippen LogP contribution in [0.5, 0.6) is 0 Å². The number of carbonyl (C=O) groups excluding carboxylic acids is 1. The Balaban J connectivity index is 1.33. The summed E-state index contributed by atoms with van der Waals surface area (Å²) in [6, 6.07) is 23.2. The summed E-state index contributed by atoms with van der Waals surface area (Å²) in [6.07, 6.45) is 0. The number of urea groups is 1. The van der Waals surface area contributed by atoms with Gasteiger partial charge in [-0.15, -0.1) is 0 Å². The van der Waals surface area contributed by atoms with Gasteiger partial charge in [-0.1, -0.05) is 48.0 Å². The smallest absolute Gasteiger partial charge is 0.321 e. The molecule has 0 spiro atoms. The number of rotatable bonds is 6. The van der Waals surface area contributed by atoms with Crippen LogP contribution in [0.2, 0.25) is 5.02 Å². The topological polar surface area (TPSA) is 73.0 Å². The molecule has 1 aliphatic rings. The van der Waals surface area contributed by atoms with Crippen molar-refractivity contribution >= 4 is 39.0 Å². The van der Waals surface area contributed by atoms with E-state index in [9.17, 15) is 13.2 Å². The van der Waals surface area contributed by atoms with Crippen LogP contribution < -0.4 is 10.2 Å². The van der Waals surface area contributed by atoms with Crippen molar-refractivity contribution in [1.29, 1.82) is 0 Å². The summed E-state index contributed by atoms with van der Waals surface area (Å²) < 4.78 is 27.1. The molecule has 0 atom stereocenters. The van der Waals surface area contributed by atoms with E-state index in [4.69, 9.17) is 11.6 Å². The number of hydrogen-bond acceptors (Lipinski definition) is 4. The molecule has 0 saturated carbocycles. The van der Waals surface area contributed by atoms with Crippen molar-refractivity contribution in [2.45, 2.75) is 11.4 Å². The van der Waals surface area contributed by atoms with Gasteiger partial charge in [-0.3, -0.25) is 0 Å². The van der Waals surface area contributed by atoms with E-state index < -0.39 is 10.0 Å². The summed E-state index contributed by atoms with van der Waals surface area (Å²) in [4.78, 5) is 16.8. The number of halogens is 1. The lowest BCUT2D eigenvalue weighted by molar-refractivity contribution is 0.208. The summed E-state index contributed by atoms with van der Waals surface area (Å²) in [7, 11) is -2.09. The molecule has 1 aliphatic heterocycles. The van der Waals surface area contributed by atoms with Crippen molar-refractivity contribution in [3.8, 4) is 0 Å². The third kappa shape index (κ3) is 5.70. The zero-order valence-electron chi connectivity index (χ0n) is 18.9. The van der Waals surface area contributed by atoms with Crippen molar-refractivity contribution in [1.82, 2.24) is 9.21 Å². The molecule has 1 N–H and O–H groups in total. The number of amides is 2. The highest BCUT2D eigenvalue weighted by atomic mass is 35.5. The van der Waals surface area contributed by atoms with Crippen LogP contribution in [-0.4, -0.2) is 56.9 Å². The molecule has 178 valence electrons. The van der Waals surface area contributed by atoms with E-state index in [1.807, 2.05) is 54.6 Å². The fraction of sp³-hybridized carbons (Fsp3) is 0.240. The highest BCUT2D eigenvalue weighted by molar-refractivity contribution is 7.89. The fourth-order valence-electron chi connectivity index (χ4n) is 3.86. The highest BCUT2D eigenvalue weighted by Gasteiger charge is 2.23. The van der Waals surface area contributed by atoms with Crippen LogP contribution in [0.1, 0.15) is 5.56 Å². The van der Waals surface area contributed by atoms with E-state index in [0.717, 1.165) is 11.3 Å². The molecule has 0 aliphatic carbocycles. The van der Waals surface area contributed by atoms with Crippen molar-refractivity contribution in [3.05, 3.63) is 89.4 Å². The Morgan fingerprint density at radius 1 is 0.941 bits per heavy atom. The Bertz CT molecular complexity index is 1230. The van der Waals surface area contributed by atoms with Gasteiger partial charge in [-0.25, -0.2) is 13.2 Å². The number of hydrogen-bond donors (Lipinski definition) is 1. The molecule has 0 radical (unpaired) electrons. The third-order valence-electron chi connectivity index (χ3n) is 5.80. The average Bonchev–Trinajstić information content (AvgIpc) is 2.85. The molecule has 3 aromatic carbocycles. The number of piperazine rings is 1. The van der Waals surface area contributed by atoms with Gasteiger partial charge in [0.15, 0.2) is 0 Å². The Hall–Kier alpha value is -3.07. The minimum absolute atomic E-state index is 0.180. The van der Waals surface area contributed by atoms with E-state index in [-0.39, 0.29) is 17.5 Å². The number of nitrogens with zero attached hydrogens (tertiary/aromatic N) is 3. The van der Waals surface area contributed by atoms with E-state index in [2.05, 4.69) is 10.2 Å². The number of anilines is 2. The van der Waals surface area contributed by atoms with Crippen LogP contribution in [-0.2, 0) is 16.6 Å². The van der Waals surface area contributed by atoms with E-state index >= 15 is 0 Å². The second kappa shape index (κ2) is 10.5. The van der Waals surface area contributed by atoms with E-state index in [1.165, 1.54) is 16.4 Å². The summed E-state index contributed by atoms with van der Waals surface area (Å²) in [5.41, 5.74) is 2.50. The molecular weight excluding hydrogens is 472 g/mol. The zero-order valence-corrected chi connectivity index (χ0v) is 20.5. The molecule has 34 heavy (non-hydrogen) atoms. The lowest BCUT2D eigenvalue weighted by atomic mass is 10.2. The van der Waals surface area contributed by atoms with E-state index in [0.29, 0.717) is 36.9 Å². The number of sulfonamides is 1. The molecule has 0 unspecified atom stereocenters. The third-order valence-corrected chi connectivity index (χ3v) is 7.85. The second-order valence-corrected chi connectivity index (χ2v) is 10.6. The maximum absolute atomic E-state index is 12.9. The van der Waals surface area contributed by atoms with Crippen LogP contribution >= 0.6 is 11.6 Å². The predicted octanol–water partition coefficient (Wildman–Crippen LogP) is 4.51. The van der Waals surface area contributed by atoms with Gasteiger partial charge in [0.05, 0.1) is 4.90 Å². The Morgan fingerprint density at radius 2 is 1.62 bits per heavy atom. The average molecular weight is 499 g/mol. The molecule has 3 aromatic rings. The summed E-state index contributed by atoms with van der Waals surface area (Å²) >= 11 is 6.08. The molecular formula is C25H27ClN4O3S. The molecule has 1 fully saturated rings. The van der Waals surface area contributed by atoms with Crippen molar-refractivity contribution in [2.24, 2.45) is 0 Å². The molecule has 0 aromatic heterocycles. The predicted molar refractivity (Wildman–Crippen MR) is 136 cm³/mol. The monoisotopic (exact) mass is 498 g/mol. The molecule has 9 heteroatoms. The first-order valence-corrected chi connectivity index (χ1v) is 12.8. The van der Waals surface area contributed by atoms with Gasteiger partial charge in [0.25, 0.3) is 0 Å². The molecule has 7 nitrogen and oxygen atoms in total. The van der Waals surface area contributed by atoms with Crippen LogP contribution in [0.4, 0.5) is 16.2 Å². The minimum atomic E-state index is -3.64. The summed E-state index contributed by atoms with van der Waals surface area (Å²) in [6.45, 7) is 2.85. The summed E-state index contributed by atoms with van der Waals surface area (Å²) in [5.74, 6) is 0. The maximum Gasteiger partial charge on any atom is 0.321 e. The maximum atomic E-state index is 12.9. The minimum Gasteiger partial charge on any atom is -0.368 e. The van der Waals surface area contributed by atoms with Gasteiger partial charge < -0.3 is 15.1 Å². The largest absolute Gasteiger partial charge is 0.368 e. The standard InChI is InChI=1S/C25H27ClN4O3S/c1-28(19-20-6-3-2-4-7-20)34(32,33)24-12-10-22(11-13-24)27-25(31)30-16-14-29(15-17-30)23-9-5-8-21(26)18-23/h2-13,18H,14-17,19H2,1H3,(H,27,31). The SMILES string of the molecule is CN(Cc1ccccc1)S(=O)(=O)c1ccc(NC(=O)N2CCN(c3cccc(Cl)c3)CC2)cc1. The van der Waals surface area contributed by atoms with Gasteiger partial charge in [0.2, 0.25) is 10.0 Å². The van der Waals surface area contributed by atoms with Gasteiger partial charge in [-0.2, -0.15) is 4.31 Å². The summed E-state index contributed by atoms with van der Waals surface area (Å²) in [5, 5.41) is 3.55. The molecule has 1 saturated heterocycles. The molecule has 0 bridgehead atoms. The first-order valence-electron chi connectivity index (χ1n) is 11.0. The van der Waals surface area contributed by atoms with Gasteiger partial charge in [0, 0.05) is 56.2 Å². The molecule has 4 rings (SSSR count). The first kappa shape index (κ1) is 24.1. The highest BCUT2D eigenvalue weighted by Crippen LogP contribution is 2.22. The van der Waals surface area contributed by atoms with Gasteiger partial charge in [0.1, 0.15) is 0 Å². The van der Waals surface area contributed by atoms with E-state index in [1.54, 1.807) is 24.1 Å². The lowest BCUT2D eigenvalue weighted by Gasteiger charge is -2.36. The lowest BCUT2D eigenvalue weighted by Crippen LogP contribution is -2.50. The van der Waals surface area contributed by atoms with Crippen LogP contribution in [0.25, 0.3) is 0 Å². The van der Waals surface area contributed by atoms with Crippen LogP contribution in [0.15, 0.2) is 83.8 Å². The molecule has 2 amide bonds. The normalized spacial score (nSPS) is 14.3. The molecule has 1 heterocycles.